The molecule has 0 radical (unpaired) electrons. The maximum absolute atomic E-state index is 13.7. The van der Waals surface area contributed by atoms with E-state index >= 15 is 0 Å². The number of methoxy groups -OCH3 is 1. The Morgan fingerprint density at radius 1 is 1.41 bits per heavy atom. The first-order chi connectivity index (χ1) is 8.24. The summed E-state index contributed by atoms with van der Waals surface area (Å²) < 4.78 is 23.9. The van der Waals surface area contributed by atoms with E-state index in [0.29, 0.717) is 24.3 Å². The fourth-order valence-electron chi connectivity index (χ4n) is 1.75. The maximum atomic E-state index is 13.7. The molecule has 0 unspecified atom stereocenters. The van der Waals surface area contributed by atoms with Crippen molar-refractivity contribution in [3.8, 4) is 0 Å². The quantitative estimate of drug-likeness (QED) is 0.812. The summed E-state index contributed by atoms with van der Waals surface area (Å²) in [5.41, 5.74) is 1.91. The maximum Gasteiger partial charge on any atom is 0.170 e. The molecular weight excluding hydrogens is 221 g/mol. The minimum absolute atomic E-state index is 0.273. The third kappa shape index (κ3) is 2.48. The van der Waals surface area contributed by atoms with Crippen molar-refractivity contribution in [2.24, 2.45) is 0 Å². The van der Waals surface area contributed by atoms with Gasteiger partial charge in [-0.05, 0) is 12.5 Å². The van der Waals surface area contributed by atoms with Gasteiger partial charge in [0.05, 0.1) is 12.9 Å². The van der Waals surface area contributed by atoms with Gasteiger partial charge in [-0.3, -0.25) is 0 Å². The zero-order valence-electron chi connectivity index (χ0n) is 10.0. The van der Waals surface area contributed by atoms with Crippen LogP contribution >= 0.6 is 0 Å². The van der Waals surface area contributed by atoms with Gasteiger partial charge in [-0.2, -0.15) is 0 Å². The van der Waals surface area contributed by atoms with Crippen LogP contribution in [-0.2, 0) is 11.3 Å². The van der Waals surface area contributed by atoms with Crippen LogP contribution in [0.3, 0.4) is 0 Å². The highest BCUT2D eigenvalue weighted by Crippen LogP contribution is 2.25. The topological polar surface area (TPSA) is 34.4 Å². The third-order valence-electron chi connectivity index (χ3n) is 2.75. The standard InChI is InChI=1S/C13H16FNO2/c1-9-3-4-11-10(7-15-5-6-16-2)8-17-13(11)12(9)14/h3-4,8,15H,5-7H2,1-2H3. The lowest BCUT2D eigenvalue weighted by Gasteiger charge is -2.02. The number of halogens is 1. The number of nitrogens with one attached hydrogen (secondary N) is 1. The number of rotatable bonds is 5. The SMILES string of the molecule is COCCNCc1coc2c(F)c(C)ccc12. The van der Waals surface area contributed by atoms with Crippen LogP contribution in [0.5, 0.6) is 0 Å². The highest BCUT2D eigenvalue weighted by atomic mass is 19.1. The number of ether oxygens (including phenoxy) is 1. The van der Waals surface area contributed by atoms with E-state index in [0.717, 1.165) is 17.5 Å². The fraction of sp³-hybridized carbons (Fsp3) is 0.385. The van der Waals surface area contributed by atoms with Crippen LogP contribution in [0.4, 0.5) is 4.39 Å². The van der Waals surface area contributed by atoms with E-state index in [-0.39, 0.29) is 5.82 Å². The van der Waals surface area contributed by atoms with Gasteiger partial charge >= 0.3 is 0 Å². The molecule has 92 valence electrons. The predicted octanol–water partition coefficient (Wildman–Crippen LogP) is 2.62. The third-order valence-corrected chi connectivity index (χ3v) is 2.75. The summed E-state index contributed by atoms with van der Waals surface area (Å²) in [5.74, 6) is -0.273. The zero-order chi connectivity index (χ0) is 12.3. The van der Waals surface area contributed by atoms with Gasteiger partial charge in [-0.1, -0.05) is 12.1 Å². The van der Waals surface area contributed by atoms with Gasteiger partial charge in [0.1, 0.15) is 0 Å². The monoisotopic (exact) mass is 237 g/mol. The Bertz CT molecular complexity index is 507. The molecule has 0 aliphatic carbocycles. The van der Waals surface area contributed by atoms with Crippen molar-refractivity contribution in [2.75, 3.05) is 20.3 Å². The Morgan fingerprint density at radius 3 is 3.00 bits per heavy atom. The number of hydrogen-bond acceptors (Lipinski definition) is 3. The molecular formula is C13H16FNO2. The summed E-state index contributed by atoms with van der Waals surface area (Å²) >= 11 is 0. The van der Waals surface area contributed by atoms with Gasteiger partial charge in [0.2, 0.25) is 0 Å². The van der Waals surface area contributed by atoms with Crippen molar-refractivity contribution in [3.05, 3.63) is 35.3 Å². The second-order valence-corrected chi connectivity index (χ2v) is 4.00. The van der Waals surface area contributed by atoms with E-state index < -0.39 is 0 Å². The molecule has 4 heteroatoms. The van der Waals surface area contributed by atoms with Crippen LogP contribution < -0.4 is 5.32 Å². The largest absolute Gasteiger partial charge is 0.461 e. The van der Waals surface area contributed by atoms with Gasteiger partial charge in [0.15, 0.2) is 11.4 Å². The van der Waals surface area contributed by atoms with Gasteiger partial charge in [0.25, 0.3) is 0 Å². The fourth-order valence-corrected chi connectivity index (χ4v) is 1.75. The summed E-state index contributed by atoms with van der Waals surface area (Å²) in [6, 6.07) is 3.66. The Balaban J connectivity index is 2.16. The minimum atomic E-state index is -0.273. The minimum Gasteiger partial charge on any atom is -0.461 e. The van der Waals surface area contributed by atoms with E-state index in [1.54, 1.807) is 26.4 Å². The molecule has 0 aliphatic heterocycles. The van der Waals surface area contributed by atoms with Crippen molar-refractivity contribution in [1.82, 2.24) is 5.32 Å². The van der Waals surface area contributed by atoms with E-state index in [2.05, 4.69) is 5.32 Å². The molecule has 0 amide bonds. The number of furan rings is 1. The summed E-state index contributed by atoms with van der Waals surface area (Å²) in [6.07, 6.45) is 1.60. The highest BCUT2D eigenvalue weighted by Gasteiger charge is 2.11. The molecule has 1 aromatic heterocycles. The molecule has 0 atom stereocenters. The molecule has 2 rings (SSSR count). The van der Waals surface area contributed by atoms with E-state index in [1.165, 1.54) is 0 Å². The summed E-state index contributed by atoms with van der Waals surface area (Å²) in [4.78, 5) is 0. The average Bonchev–Trinajstić information content (AvgIpc) is 2.73. The van der Waals surface area contributed by atoms with Gasteiger partial charge < -0.3 is 14.5 Å². The van der Waals surface area contributed by atoms with Gasteiger partial charge in [-0.25, -0.2) is 4.39 Å². The number of hydrogen-bond donors (Lipinski definition) is 1. The lowest BCUT2D eigenvalue weighted by Crippen LogP contribution is -2.18. The molecule has 1 N–H and O–H groups in total. The van der Waals surface area contributed by atoms with Crippen LogP contribution in [0.2, 0.25) is 0 Å². The van der Waals surface area contributed by atoms with Gasteiger partial charge in [-0.15, -0.1) is 0 Å². The number of fused-ring (bicyclic) bond motifs is 1. The van der Waals surface area contributed by atoms with E-state index in [4.69, 9.17) is 9.15 Å². The van der Waals surface area contributed by atoms with Crippen molar-refractivity contribution in [3.63, 3.8) is 0 Å². The predicted molar refractivity (Wildman–Crippen MR) is 64.5 cm³/mol. The molecule has 0 saturated carbocycles. The van der Waals surface area contributed by atoms with Crippen molar-refractivity contribution >= 4 is 11.0 Å². The molecule has 0 spiro atoms. The van der Waals surface area contributed by atoms with E-state index in [1.807, 2.05) is 6.07 Å². The molecule has 2 aromatic rings. The average molecular weight is 237 g/mol. The molecule has 0 aliphatic rings. The zero-order valence-corrected chi connectivity index (χ0v) is 10.0. The van der Waals surface area contributed by atoms with Gasteiger partial charge in [0, 0.05) is 31.1 Å². The smallest absolute Gasteiger partial charge is 0.170 e. The molecule has 1 heterocycles. The number of benzene rings is 1. The molecule has 0 fully saturated rings. The van der Waals surface area contributed by atoms with Crippen LogP contribution in [0.25, 0.3) is 11.0 Å². The second kappa shape index (κ2) is 5.29. The summed E-state index contributed by atoms with van der Waals surface area (Å²) in [7, 11) is 1.66. The Morgan fingerprint density at radius 2 is 2.24 bits per heavy atom. The Kier molecular flexibility index (Phi) is 3.76. The Labute approximate surface area is 99.6 Å². The number of aryl methyl sites for hydroxylation is 1. The van der Waals surface area contributed by atoms with Crippen LogP contribution in [0.1, 0.15) is 11.1 Å². The highest BCUT2D eigenvalue weighted by molar-refractivity contribution is 5.82. The normalized spacial score (nSPS) is 11.2. The first-order valence-corrected chi connectivity index (χ1v) is 5.59. The Hall–Kier alpha value is -1.39. The summed E-state index contributed by atoms with van der Waals surface area (Å²) in [5, 5.41) is 4.04. The molecule has 17 heavy (non-hydrogen) atoms. The first kappa shape index (κ1) is 12.1. The molecule has 0 bridgehead atoms. The van der Waals surface area contributed by atoms with Crippen LogP contribution in [0, 0.1) is 12.7 Å². The van der Waals surface area contributed by atoms with E-state index in [9.17, 15) is 4.39 Å². The van der Waals surface area contributed by atoms with Crippen molar-refractivity contribution in [1.29, 1.82) is 0 Å². The molecule has 1 aromatic carbocycles. The summed E-state index contributed by atoms with van der Waals surface area (Å²) in [6.45, 7) is 3.80. The van der Waals surface area contributed by atoms with Crippen LogP contribution in [0.15, 0.2) is 22.8 Å². The lowest BCUT2D eigenvalue weighted by atomic mass is 10.1. The molecule has 3 nitrogen and oxygen atoms in total. The second-order valence-electron chi connectivity index (χ2n) is 4.00. The van der Waals surface area contributed by atoms with Crippen molar-refractivity contribution in [2.45, 2.75) is 13.5 Å². The lowest BCUT2D eigenvalue weighted by molar-refractivity contribution is 0.199. The first-order valence-electron chi connectivity index (χ1n) is 5.59. The molecule has 0 saturated heterocycles. The van der Waals surface area contributed by atoms with Crippen molar-refractivity contribution < 1.29 is 13.5 Å². The van der Waals surface area contributed by atoms with Crippen LogP contribution in [-0.4, -0.2) is 20.3 Å².